The first-order valence-corrected chi connectivity index (χ1v) is 6.92. The zero-order valence-corrected chi connectivity index (χ0v) is 12.0. The number of imidazole rings is 1. The summed E-state index contributed by atoms with van der Waals surface area (Å²) in [6.07, 6.45) is -0.693. The topological polar surface area (TPSA) is 38.0 Å². The Morgan fingerprint density at radius 1 is 1.19 bits per heavy atom. The van der Waals surface area contributed by atoms with Gasteiger partial charge in [0, 0.05) is 0 Å². The van der Waals surface area contributed by atoms with Crippen molar-refractivity contribution in [3.8, 4) is 0 Å². The van der Waals surface area contributed by atoms with Gasteiger partial charge in [-0.25, -0.2) is 9.37 Å². The molecule has 0 saturated heterocycles. The molecule has 0 amide bonds. The van der Waals surface area contributed by atoms with Gasteiger partial charge in [-0.05, 0) is 49.2 Å². The lowest BCUT2D eigenvalue weighted by Gasteiger charge is -2.16. The summed E-state index contributed by atoms with van der Waals surface area (Å²) in [5.41, 5.74) is 3.41. The Hall–Kier alpha value is -2.20. The van der Waals surface area contributed by atoms with Crippen LogP contribution in [0.1, 0.15) is 23.1 Å². The predicted octanol–water partition coefficient (Wildman–Crippen LogP) is 3.53. The molecule has 0 aliphatic rings. The van der Waals surface area contributed by atoms with E-state index in [2.05, 4.69) is 4.98 Å². The van der Waals surface area contributed by atoms with Crippen molar-refractivity contribution in [2.75, 3.05) is 0 Å². The Bertz CT molecular complexity index is 795. The molecule has 0 radical (unpaired) electrons. The van der Waals surface area contributed by atoms with Crippen molar-refractivity contribution in [1.82, 2.24) is 9.55 Å². The van der Waals surface area contributed by atoms with Crippen LogP contribution in [0.4, 0.5) is 4.39 Å². The number of hydrogen-bond acceptors (Lipinski definition) is 2. The summed E-state index contributed by atoms with van der Waals surface area (Å²) in [5, 5.41) is 10.5. The highest BCUT2D eigenvalue weighted by molar-refractivity contribution is 5.75. The van der Waals surface area contributed by atoms with Gasteiger partial charge in [0.2, 0.25) is 0 Å². The van der Waals surface area contributed by atoms with Gasteiger partial charge in [-0.1, -0.05) is 18.2 Å². The first-order chi connectivity index (χ1) is 10.1. The zero-order chi connectivity index (χ0) is 15.0. The molecule has 1 aromatic heterocycles. The normalized spacial score (nSPS) is 12.8. The van der Waals surface area contributed by atoms with Crippen LogP contribution in [0.5, 0.6) is 0 Å². The zero-order valence-electron chi connectivity index (χ0n) is 12.0. The summed E-state index contributed by atoms with van der Waals surface area (Å²) in [6.45, 7) is 4.13. The number of para-hydroxylation sites is 2. The lowest BCUT2D eigenvalue weighted by atomic mass is 10.0. The van der Waals surface area contributed by atoms with Crippen LogP contribution < -0.4 is 0 Å². The van der Waals surface area contributed by atoms with E-state index in [1.807, 2.05) is 35.8 Å². The average molecular weight is 284 g/mol. The molecular weight excluding hydrogens is 267 g/mol. The Balaban J connectivity index is 1.96. The standard InChI is InChI=1S/C17H17FN2O/c1-11-9-13(18)7-8-14(11)17(21)10-20-12(2)19-15-5-3-4-6-16(15)20/h3-9,17,21H,10H2,1-2H3. The van der Waals surface area contributed by atoms with Crippen LogP contribution >= 0.6 is 0 Å². The van der Waals surface area contributed by atoms with E-state index in [0.717, 1.165) is 28.0 Å². The fourth-order valence-corrected chi connectivity index (χ4v) is 2.71. The van der Waals surface area contributed by atoms with Crippen molar-refractivity contribution in [2.45, 2.75) is 26.5 Å². The van der Waals surface area contributed by atoms with E-state index in [4.69, 9.17) is 0 Å². The highest BCUT2D eigenvalue weighted by Crippen LogP contribution is 2.23. The number of aliphatic hydroxyl groups is 1. The molecule has 108 valence electrons. The van der Waals surface area contributed by atoms with Crippen LogP contribution in [0.25, 0.3) is 11.0 Å². The Kier molecular flexibility index (Phi) is 3.47. The number of aliphatic hydroxyl groups excluding tert-OH is 1. The Labute approximate surface area is 122 Å². The van der Waals surface area contributed by atoms with Gasteiger partial charge >= 0.3 is 0 Å². The van der Waals surface area contributed by atoms with E-state index in [-0.39, 0.29) is 5.82 Å². The maximum Gasteiger partial charge on any atom is 0.123 e. The van der Waals surface area contributed by atoms with Crippen molar-refractivity contribution in [3.05, 3.63) is 65.2 Å². The molecule has 0 aliphatic carbocycles. The molecule has 1 unspecified atom stereocenters. The van der Waals surface area contributed by atoms with Crippen LogP contribution in [0.15, 0.2) is 42.5 Å². The molecule has 1 N–H and O–H groups in total. The second kappa shape index (κ2) is 5.30. The van der Waals surface area contributed by atoms with Crippen LogP contribution in [0.2, 0.25) is 0 Å². The number of aromatic nitrogens is 2. The van der Waals surface area contributed by atoms with Crippen molar-refractivity contribution in [3.63, 3.8) is 0 Å². The van der Waals surface area contributed by atoms with Crippen LogP contribution in [0.3, 0.4) is 0 Å². The summed E-state index contributed by atoms with van der Waals surface area (Å²) in [4.78, 5) is 4.49. The molecule has 3 nitrogen and oxygen atoms in total. The minimum Gasteiger partial charge on any atom is -0.387 e. The molecule has 0 fully saturated rings. The molecule has 3 rings (SSSR count). The third kappa shape index (κ3) is 2.54. The van der Waals surface area contributed by atoms with Gasteiger partial charge in [0.25, 0.3) is 0 Å². The molecule has 1 atom stereocenters. The summed E-state index contributed by atoms with van der Waals surface area (Å²) in [6, 6.07) is 12.3. The SMILES string of the molecule is Cc1cc(F)ccc1C(O)Cn1c(C)nc2ccccc21. The molecule has 4 heteroatoms. The molecule has 0 spiro atoms. The molecule has 0 aliphatic heterocycles. The summed E-state index contributed by atoms with van der Waals surface area (Å²) in [5.74, 6) is 0.572. The maximum absolute atomic E-state index is 13.2. The summed E-state index contributed by atoms with van der Waals surface area (Å²) < 4.78 is 15.2. The van der Waals surface area contributed by atoms with Crippen LogP contribution in [0, 0.1) is 19.7 Å². The molecule has 21 heavy (non-hydrogen) atoms. The minimum atomic E-state index is -0.693. The molecule has 0 saturated carbocycles. The number of aryl methyl sites for hydroxylation is 2. The molecular formula is C17H17FN2O. The minimum absolute atomic E-state index is 0.285. The average Bonchev–Trinajstić information content (AvgIpc) is 2.75. The second-order valence-electron chi connectivity index (χ2n) is 5.28. The van der Waals surface area contributed by atoms with E-state index in [0.29, 0.717) is 6.54 Å². The number of benzene rings is 2. The van der Waals surface area contributed by atoms with E-state index < -0.39 is 6.10 Å². The first-order valence-electron chi connectivity index (χ1n) is 6.92. The van der Waals surface area contributed by atoms with Crippen molar-refractivity contribution in [1.29, 1.82) is 0 Å². The number of halogens is 1. The quantitative estimate of drug-likeness (QED) is 0.799. The maximum atomic E-state index is 13.2. The van der Waals surface area contributed by atoms with Gasteiger partial charge in [-0.3, -0.25) is 0 Å². The highest BCUT2D eigenvalue weighted by Gasteiger charge is 2.15. The molecule has 2 aromatic carbocycles. The fourth-order valence-electron chi connectivity index (χ4n) is 2.71. The molecule has 1 heterocycles. The van der Waals surface area contributed by atoms with Crippen molar-refractivity contribution < 1.29 is 9.50 Å². The van der Waals surface area contributed by atoms with Gasteiger partial charge in [0.05, 0.1) is 23.7 Å². The summed E-state index contributed by atoms with van der Waals surface area (Å²) in [7, 11) is 0. The first kappa shape index (κ1) is 13.8. The lowest BCUT2D eigenvalue weighted by Crippen LogP contribution is -2.11. The van der Waals surface area contributed by atoms with E-state index >= 15 is 0 Å². The number of hydrogen-bond donors (Lipinski definition) is 1. The third-order valence-electron chi connectivity index (χ3n) is 3.79. The van der Waals surface area contributed by atoms with Gasteiger partial charge in [-0.2, -0.15) is 0 Å². The fraction of sp³-hybridized carbons (Fsp3) is 0.235. The van der Waals surface area contributed by atoms with Gasteiger partial charge in [0.1, 0.15) is 11.6 Å². The molecule has 3 aromatic rings. The third-order valence-corrected chi connectivity index (χ3v) is 3.79. The number of fused-ring (bicyclic) bond motifs is 1. The predicted molar refractivity (Wildman–Crippen MR) is 80.6 cm³/mol. The Morgan fingerprint density at radius 3 is 2.71 bits per heavy atom. The van der Waals surface area contributed by atoms with Crippen LogP contribution in [-0.4, -0.2) is 14.7 Å². The highest BCUT2D eigenvalue weighted by atomic mass is 19.1. The van der Waals surface area contributed by atoms with Crippen molar-refractivity contribution in [2.24, 2.45) is 0 Å². The molecule has 0 bridgehead atoms. The smallest absolute Gasteiger partial charge is 0.123 e. The monoisotopic (exact) mass is 284 g/mol. The summed E-state index contributed by atoms with van der Waals surface area (Å²) >= 11 is 0. The van der Waals surface area contributed by atoms with Crippen LogP contribution in [-0.2, 0) is 6.54 Å². The van der Waals surface area contributed by atoms with E-state index in [1.165, 1.54) is 12.1 Å². The van der Waals surface area contributed by atoms with E-state index in [9.17, 15) is 9.50 Å². The van der Waals surface area contributed by atoms with Crippen molar-refractivity contribution >= 4 is 11.0 Å². The van der Waals surface area contributed by atoms with Gasteiger partial charge in [-0.15, -0.1) is 0 Å². The Morgan fingerprint density at radius 2 is 1.95 bits per heavy atom. The largest absolute Gasteiger partial charge is 0.387 e. The van der Waals surface area contributed by atoms with Gasteiger partial charge in [0.15, 0.2) is 0 Å². The number of rotatable bonds is 3. The lowest BCUT2D eigenvalue weighted by molar-refractivity contribution is 0.156. The van der Waals surface area contributed by atoms with Gasteiger partial charge < -0.3 is 9.67 Å². The van der Waals surface area contributed by atoms with E-state index in [1.54, 1.807) is 13.0 Å². The second-order valence-corrected chi connectivity index (χ2v) is 5.28. The number of nitrogens with zero attached hydrogens (tertiary/aromatic N) is 2.